The maximum atomic E-state index is 13.8. The van der Waals surface area contributed by atoms with Gasteiger partial charge in [0.2, 0.25) is 0 Å². The number of carboxylic acids is 2. The Kier molecular flexibility index (Phi) is 9.49. The van der Waals surface area contributed by atoms with Crippen molar-refractivity contribution >= 4 is 23.9 Å². The predicted molar refractivity (Wildman–Crippen MR) is 150 cm³/mol. The highest BCUT2D eigenvalue weighted by molar-refractivity contribution is 6.27. The van der Waals surface area contributed by atoms with Gasteiger partial charge in [-0.15, -0.1) is 0 Å². The van der Waals surface area contributed by atoms with E-state index in [4.69, 9.17) is 19.8 Å². The smallest absolute Gasteiger partial charge is 0.414 e. The molecule has 3 amide bonds. The van der Waals surface area contributed by atoms with Gasteiger partial charge in [-0.1, -0.05) is 91.0 Å². The minimum Gasteiger partial charge on any atom is -0.473 e. The molecule has 1 atom stereocenters. The number of aliphatic carboxylic acids is 2. The van der Waals surface area contributed by atoms with Gasteiger partial charge in [0.25, 0.3) is 5.91 Å². The topological polar surface area (TPSA) is 147 Å². The predicted octanol–water partition coefficient (Wildman–Crippen LogP) is 2.88. The molecule has 5 rings (SSSR count). The number of likely N-dealkylation sites (tertiary alicyclic amines) is 1. The van der Waals surface area contributed by atoms with Gasteiger partial charge in [0.05, 0.1) is 12.6 Å². The molecule has 10 heteroatoms. The highest BCUT2D eigenvalue weighted by atomic mass is 16.4. The SMILES string of the molecule is O=C(O)C(=O)O.O=C1NC(c2ccccc2)(c2ccccc2)C(=O)N1CC(O)CN1CCC(c2ccccc2)CC1. The summed E-state index contributed by atoms with van der Waals surface area (Å²) in [4.78, 5) is 48.4. The van der Waals surface area contributed by atoms with Crippen molar-refractivity contribution in [2.75, 3.05) is 26.2 Å². The molecule has 0 aliphatic carbocycles. The maximum absolute atomic E-state index is 13.8. The molecule has 4 N–H and O–H groups in total. The van der Waals surface area contributed by atoms with Crippen LogP contribution in [0.5, 0.6) is 0 Å². The van der Waals surface area contributed by atoms with Crippen LogP contribution in [0.3, 0.4) is 0 Å². The molecular formula is C31H33N3O7. The Balaban J connectivity index is 0.000000585. The molecule has 0 saturated carbocycles. The second kappa shape index (κ2) is 13.2. The number of carboxylic acid groups (broad SMARTS) is 2. The maximum Gasteiger partial charge on any atom is 0.414 e. The lowest BCUT2D eigenvalue weighted by Crippen LogP contribution is -2.47. The first kappa shape index (κ1) is 29.4. The van der Waals surface area contributed by atoms with Gasteiger partial charge >= 0.3 is 18.0 Å². The second-order valence-electron chi connectivity index (χ2n) is 10.1. The molecule has 2 heterocycles. The first-order valence-corrected chi connectivity index (χ1v) is 13.4. The van der Waals surface area contributed by atoms with Crippen LogP contribution in [0.4, 0.5) is 4.79 Å². The zero-order chi connectivity index (χ0) is 29.4. The third-order valence-corrected chi connectivity index (χ3v) is 7.42. The lowest BCUT2D eigenvalue weighted by molar-refractivity contribution is -0.159. The molecular weight excluding hydrogens is 526 g/mol. The van der Waals surface area contributed by atoms with Crippen LogP contribution >= 0.6 is 0 Å². The minimum absolute atomic E-state index is 0.0370. The number of aliphatic hydroxyl groups is 1. The number of rotatable bonds is 7. The zero-order valence-corrected chi connectivity index (χ0v) is 22.4. The lowest BCUT2D eigenvalue weighted by Gasteiger charge is -2.34. The van der Waals surface area contributed by atoms with Gasteiger partial charge in [-0.05, 0) is 48.5 Å². The third kappa shape index (κ3) is 6.79. The molecule has 0 bridgehead atoms. The molecule has 10 nitrogen and oxygen atoms in total. The van der Waals surface area contributed by atoms with Crippen molar-refractivity contribution in [3.63, 3.8) is 0 Å². The Labute approximate surface area is 237 Å². The molecule has 41 heavy (non-hydrogen) atoms. The summed E-state index contributed by atoms with van der Waals surface area (Å²) in [7, 11) is 0. The average Bonchev–Trinajstić information content (AvgIpc) is 3.25. The van der Waals surface area contributed by atoms with Crippen molar-refractivity contribution in [2.45, 2.75) is 30.4 Å². The van der Waals surface area contributed by atoms with E-state index in [1.165, 1.54) is 10.5 Å². The molecule has 0 spiro atoms. The summed E-state index contributed by atoms with van der Waals surface area (Å²) in [6.45, 7) is 2.16. The Morgan fingerprint density at radius 1 is 0.780 bits per heavy atom. The number of urea groups is 1. The first-order chi connectivity index (χ1) is 19.7. The molecule has 0 aromatic heterocycles. The average molecular weight is 560 g/mol. The van der Waals surface area contributed by atoms with Gasteiger partial charge in [-0.2, -0.15) is 0 Å². The van der Waals surface area contributed by atoms with Gasteiger partial charge in [0.15, 0.2) is 5.54 Å². The Bertz CT molecular complexity index is 1290. The number of β-amino-alcohol motifs (C(OH)–C–C–N with tert-alkyl or cyclic N) is 1. The molecule has 2 fully saturated rings. The molecule has 2 aliphatic rings. The molecule has 2 aliphatic heterocycles. The summed E-state index contributed by atoms with van der Waals surface area (Å²) >= 11 is 0. The highest BCUT2D eigenvalue weighted by Crippen LogP contribution is 2.36. The number of benzene rings is 3. The number of hydrogen-bond acceptors (Lipinski definition) is 6. The second-order valence-corrected chi connectivity index (χ2v) is 10.1. The summed E-state index contributed by atoms with van der Waals surface area (Å²) in [6, 6.07) is 28.7. The van der Waals surface area contributed by atoms with Crippen LogP contribution in [0, 0.1) is 0 Å². The van der Waals surface area contributed by atoms with Crippen molar-refractivity contribution in [1.82, 2.24) is 15.1 Å². The Hall–Kier alpha value is -4.54. The van der Waals surface area contributed by atoms with E-state index < -0.39 is 29.6 Å². The largest absolute Gasteiger partial charge is 0.473 e. The summed E-state index contributed by atoms with van der Waals surface area (Å²) < 4.78 is 0. The van der Waals surface area contributed by atoms with Crippen LogP contribution in [0.1, 0.15) is 35.4 Å². The molecule has 2 saturated heterocycles. The van der Waals surface area contributed by atoms with Gasteiger partial charge in [-0.25, -0.2) is 14.4 Å². The third-order valence-electron chi connectivity index (χ3n) is 7.42. The fourth-order valence-electron chi connectivity index (χ4n) is 5.42. The number of carbonyl (C=O) groups is 4. The van der Waals surface area contributed by atoms with E-state index in [-0.39, 0.29) is 12.5 Å². The van der Waals surface area contributed by atoms with Gasteiger partial charge in [0, 0.05) is 6.54 Å². The van der Waals surface area contributed by atoms with E-state index in [0.29, 0.717) is 23.6 Å². The van der Waals surface area contributed by atoms with Crippen LogP contribution in [-0.4, -0.2) is 81.3 Å². The number of imide groups is 1. The van der Waals surface area contributed by atoms with E-state index >= 15 is 0 Å². The van der Waals surface area contributed by atoms with E-state index in [2.05, 4.69) is 34.5 Å². The molecule has 3 aromatic rings. The molecule has 214 valence electrons. The number of aliphatic hydroxyl groups excluding tert-OH is 1. The fourth-order valence-corrected chi connectivity index (χ4v) is 5.42. The molecule has 0 radical (unpaired) electrons. The first-order valence-electron chi connectivity index (χ1n) is 13.4. The Morgan fingerprint density at radius 3 is 1.71 bits per heavy atom. The summed E-state index contributed by atoms with van der Waals surface area (Å²) in [5.41, 5.74) is 1.46. The normalized spacial score (nSPS) is 17.7. The number of hydrogen-bond donors (Lipinski definition) is 4. The number of nitrogens with zero attached hydrogens (tertiary/aromatic N) is 2. The van der Waals surface area contributed by atoms with Crippen LogP contribution in [-0.2, 0) is 19.9 Å². The molecule has 1 unspecified atom stereocenters. The van der Waals surface area contributed by atoms with Crippen molar-refractivity contribution in [3.8, 4) is 0 Å². The van der Waals surface area contributed by atoms with Crippen molar-refractivity contribution in [1.29, 1.82) is 0 Å². The summed E-state index contributed by atoms with van der Waals surface area (Å²) in [5, 5.41) is 28.6. The Morgan fingerprint density at radius 2 is 1.24 bits per heavy atom. The quantitative estimate of drug-likeness (QED) is 0.255. The van der Waals surface area contributed by atoms with Crippen LogP contribution in [0.25, 0.3) is 0 Å². The molecule has 3 aromatic carbocycles. The summed E-state index contributed by atoms with van der Waals surface area (Å²) in [5.74, 6) is -3.47. The van der Waals surface area contributed by atoms with E-state index in [0.717, 1.165) is 25.9 Å². The van der Waals surface area contributed by atoms with Gasteiger partial charge in [-0.3, -0.25) is 9.69 Å². The van der Waals surface area contributed by atoms with Crippen LogP contribution in [0.15, 0.2) is 91.0 Å². The van der Waals surface area contributed by atoms with Crippen molar-refractivity contribution in [3.05, 3.63) is 108 Å². The minimum atomic E-state index is -1.82. The van der Waals surface area contributed by atoms with Crippen LogP contribution < -0.4 is 5.32 Å². The lowest BCUT2D eigenvalue weighted by atomic mass is 9.82. The van der Waals surface area contributed by atoms with E-state index in [1.54, 1.807) is 0 Å². The number of nitrogens with one attached hydrogen (secondary N) is 1. The van der Waals surface area contributed by atoms with Crippen molar-refractivity contribution in [2.24, 2.45) is 0 Å². The van der Waals surface area contributed by atoms with Crippen molar-refractivity contribution < 1.29 is 34.5 Å². The zero-order valence-electron chi connectivity index (χ0n) is 22.4. The highest BCUT2D eigenvalue weighted by Gasteiger charge is 2.53. The summed E-state index contributed by atoms with van der Waals surface area (Å²) in [6.07, 6.45) is 1.25. The van der Waals surface area contributed by atoms with Gasteiger partial charge in [0.1, 0.15) is 0 Å². The number of amides is 3. The van der Waals surface area contributed by atoms with Crippen LogP contribution in [0.2, 0.25) is 0 Å². The number of piperidine rings is 1. The number of carbonyl (C=O) groups excluding carboxylic acids is 2. The fraction of sp³-hybridized carbons (Fsp3) is 0.290. The van der Waals surface area contributed by atoms with Gasteiger partial charge < -0.3 is 25.5 Å². The van der Waals surface area contributed by atoms with E-state index in [9.17, 15) is 14.7 Å². The monoisotopic (exact) mass is 559 g/mol. The standard InChI is InChI=1S/C29H31N3O3.C2H2O4/c33-26(20-31-18-16-23(17-19-31)22-10-4-1-5-11-22)21-32-27(34)29(30-28(32)35,24-12-6-2-7-13-24)25-14-8-3-9-15-25;3-1(4)2(5)6/h1-15,23,26,33H,16-21H2,(H,30,35);(H,3,4)(H,5,6). The van der Waals surface area contributed by atoms with E-state index in [1.807, 2.05) is 66.7 Å².